The number of hydrogen-bond acceptors (Lipinski definition) is 3. The topological polar surface area (TPSA) is 60.3 Å². The average molecular weight is 417 g/mol. The van der Waals surface area contributed by atoms with Crippen LogP contribution in [0.1, 0.15) is 21.7 Å². The van der Waals surface area contributed by atoms with Gasteiger partial charge in [0, 0.05) is 22.1 Å². The number of rotatable bonds is 5. The third-order valence-electron chi connectivity index (χ3n) is 4.20. The molecule has 3 rings (SSSR count). The summed E-state index contributed by atoms with van der Waals surface area (Å²) in [5.41, 5.74) is 3.36. The second-order valence-electron chi connectivity index (χ2n) is 6.20. The van der Waals surface area contributed by atoms with Crippen molar-refractivity contribution in [2.75, 3.05) is 11.9 Å². The van der Waals surface area contributed by atoms with E-state index in [1.807, 2.05) is 48.7 Å². The Kier molecular flexibility index (Phi) is 6.07. The minimum absolute atomic E-state index is 0.343. The minimum atomic E-state index is -0.567. The van der Waals surface area contributed by atoms with Gasteiger partial charge in [0.1, 0.15) is 0 Å². The van der Waals surface area contributed by atoms with E-state index in [0.29, 0.717) is 21.3 Å². The number of amides is 1. The van der Waals surface area contributed by atoms with Crippen molar-refractivity contribution >= 4 is 40.8 Å². The number of hydrogen-bond donors (Lipinski definition) is 1. The smallest absolute Gasteiger partial charge is 0.340 e. The van der Waals surface area contributed by atoms with Crippen LogP contribution in [0, 0.1) is 13.8 Å². The van der Waals surface area contributed by atoms with Gasteiger partial charge in [0.2, 0.25) is 0 Å². The normalized spacial score (nSPS) is 10.6. The molecule has 0 spiro atoms. The quantitative estimate of drug-likeness (QED) is 0.581. The Hall–Kier alpha value is -2.76. The van der Waals surface area contributed by atoms with Crippen molar-refractivity contribution in [3.05, 3.63) is 81.6 Å². The van der Waals surface area contributed by atoms with Gasteiger partial charge >= 0.3 is 5.97 Å². The average Bonchev–Trinajstić information content (AvgIpc) is 2.97. The fraction of sp³-hybridized carbons (Fsp3) is 0.143. The van der Waals surface area contributed by atoms with Gasteiger partial charge in [0.05, 0.1) is 16.3 Å². The third-order valence-corrected chi connectivity index (χ3v) is 4.77. The molecule has 1 N–H and O–H groups in total. The van der Waals surface area contributed by atoms with E-state index in [0.717, 1.165) is 17.1 Å². The molecular weight excluding hydrogens is 399 g/mol. The van der Waals surface area contributed by atoms with Crippen LogP contribution in [0.3, 0.4) is 0 Å². The van der Waals surface area contributed by atoms with Crippen LogP contribution in [0.5, 0.6) is 0 Å². The molecule has 1 amide bonds. The number of carbonyl (C=O) groups is 2. The van der Waals surface area contributed by atoms with Crippen molar-refractivity contribution in [3.8, 4) is 5.69 Å². The number of benzene rings is 2. The molecule has 0 fully saturated rings. The lowest BCUT2D eigenvalue weighted by molar-refractivity contribution is -0.119. The van der Waals surface area contributed by atoms with E-state index in [4.69, 9.17) is 27.9 Å². The standard InChI is InChI=1S/C21H18Cl2N2O3/c1-13-10-17(14(2)25(13)16-6-4-3-5-7-16)21(27)28-12-20(26)24-19-11-15(22)8-9-18(19)23/h3-11H,12H2,1-2H3,(H,24,26). The number of aromatic nitrogens is 1. The molecule has 0 bridgehead atoms. The van der Waals surface area contributed by atoms with Gasteiger partial charge in [-0.05, 0) is 50.2 Å². The zero-order valence-corrected chi connectivity index (χ0v) is 16.8. The minimum Gasteiger partial charge on any atom is -0.452 e. The molecule has 28 heavy (non-hydrogen) atoms. The van der Waals surface area contributed by atoms with Gasteiger partial charge in [-0.15, -0.1) is 0 Å². The summed E-state index contributed by atoms with van der Waals surface area (Å²) in [5, 5.41) is 3.36. The summed E-state index contributed by atoms with van der Waals surface area (Å²) in [5.74, 6) is -1.07. The van der Waals surface area contributed by atoms with E-state index in [1.165, 1.54) is 6.07 Å². The second-order valence-corrected chi connectivity index (χ2v) is 7.05. The number of ether oxygens (including phenoxy) is 1. The van der Waals surface area contributed by atoms with Gasteiger partial charge in [0.15, 0.2) is 6.61 Å². The van der Waals surface area contributed by atoms with E-state index >= 15 is 0 Å². The number of para-hydroxylation sites is 1. The maximum absolute atomic E-state index is 12.5. The molecule has 2 aromatic carbocycles. The molecule has 5 nitrogen and oxygen atoms in total. The van der Waals surface area contributed by atoms with Crippen LogP contribution in [0.2, 0.25) is 10.0 Å². The monoisotopic (exact) mass is 416 g/mol. The highest BCUT2D eigenvalue weighted by atomic mass is 35.5. The first-order chi connectivity index (χ1) is 13.4. The molecule has 1 aromatic heterocycles. The van der Waals surface area contributed by atoms with E-state index in [-0.39, 0.29) is 0 Å². The Bertz CT molecular complexity index is 1030. The molecule has 0 saturated heterocycles. The summed E-state index contributed by atoms with van der Waals surface area (Å²) in [7, 11) is 0. The maximum atomic E-state index is 12.5. The number of nitrogens with one attached hydrogen (secondary N) is 1. The van der Waals surface area contributed by atoms with Crippen LogP contribution in [-0.2, 0) is 9.53 Å². The van der Waals surface area contributed by atoms with E-state index in [2.05, 4.69) is 5.32 Å². The zero-order chi connectivity index (χ0) is 20.3. The summed E-state index contributed by atoms with van der Waals surface area (Å²) in [6.07, 6.45) is 0. The highest BCUT2D eigenvalue weighted by molar-refractivity contribution is 6.35. The van der Waals surface area contributed by atoms with E-state index in [9.17, 15) is 9.59 Å². The third kappa shape index (κ3) is 4.38. The van der Waals surface area contributed by atoms with Gasteiger partial charge < -0.3 is 14.6 Å². The first-order valence-corrected chi connectivity index (χ1v) is 9.29. The molecule has 0 aliphatic carbocycles. The summed E-state index contributed by atoms with van der Waals surface area (Å²) in [6.45, 7) is 3.31. The molecular formula is C21H18Cl2N2O3. The largest absolute Gasteiger partial charge is 0.452 e. The van der Waals surface area contributed by atoms with Gasteiger partial charge in [-0.1, -0.05) is 41.4 Å². The fourth-order valence-electron chi connectivity index (χ4n) is 2.93. The van der Waals surface area contributed by atoms with E-state index in [1.54, 1.807) is 18.2 Å². The summed E-state index contributed by atoms with van der Waals surface area (Å²) in [4.78, 5) is 24.6. The lowest BCUT2D eigenvalue weighted by atomic mass is 10.2. The Morgan fingerprint density at radius 2 is 1.75 bits per heavy atom. The number of nitrogens with zero attached hydrogens (tertiary/aromatic N) is 1. The Morgan fingerprint density at radius 1 is 1.04 bits per heavy atom. The molecule has 0 atom stereocenters. The lowest BCUT2D eigenvalue weighted by Crippen LogP contribution is -2.21. The SMILES string of the molecule is Cc1cc(C(=O)OCC(=O)Nc2cc(Cl)ccc2Cl)c(C)n1-c1ccccc1. The van der Waals surface area contributed by atoms with Crippen molar-refractivity contribution < 1.29 is 14.3 Å². The second kappa shape index (κ2) is 8.50. The Labute approximate surface area is 172 Å². The van der Waals surface area contributed by atoms with Crippen molar-refractivity contribution in [1.29, 1.82) is 0 Å². The predicted octanol–water partition coefficient (Wildman–Crippen LogP) is 5.20. The van der Waals surface area contributed by atoms with Crippen LogP contribution >= 0.6 is 23.2 Å². The van der Waals surface area contributed by atoms with E-state index < -0.39 is 18.5 Å². The lowest BCUT2D eigenvalue weighted by Gasteiger charge is -2.10. The van der Waals surface area contributed by atoms with Crippen molar-refractivity contribution in [2.24, 2.45) is 0 Å². The summed E-state index contributed by atoms with van der Waals surface area (Å²) < 4.78 is 7.14. The molecule has 0 saturated carbocycles. The molecule has 144 valence electrons. The molecule has 0 aliphatic rings. The van der Waals surface area contributed by atoms with Gasteiger partial charge in [-0.25, -0.2) is 4.79 Å². The number of aryl methyl sites for hydroxylation is 1. The van der Waals surface area contributed by atoms with Crippen molar-refractivity contribution in [3.63, 3.8) is 0 Å². The van der Waals surface area contributed by atoms with Crippen molar-refractivity contribution in [1.82, 2.24) is 4.57 Å². The first kappa shape index (κ1) is 20.0. The Morgan fingerprint density at radius 3 is 2.46 bits per heavy atom. The van der Waals surface area contributed by atoms with Crippen LogP contribution < -0.4 is 5.32 Å². The highest BCUT2D eigenvalue weighted by Gasteiger charge is 2.19. The summed E-state index contributed by atoms with van der Waals surface area (Å²) in [6, 6.07) is 16.2. The predicted molar refractivity (Wildman–Crippen MR) is 111 cm³/mol. The molecule has 7 heteroatoms. The van der Waals surface area contributed by atoms with Crippen LogP contribution in [-0.4, -0.2) is 23.1 Å². The van der Waals surface area contributed by atoms with Gasteiger partial charge in [-0.2, -0.15) is 0 Å². The molecule has 0 unspecified atom stereocenters. The number of esters is 1. The van der Waals surface area contributed by atoms with Crippen LogP contribution in [0.15, 0.2) is 54.6 Å². The molecule has 0 aliphatic heterocycles. The number of halogens is 2. The first-order valence-electron chi connectivity index (χ1n) is 8.53. The number of carbonyl (C=O) groups excluding carboxylic acids is 2. The highest BCUT2D eigenvalue weighted by Crippen LogP contribution is 2.25. The maximum Gasteiger partial charge on any atom is 0.340 e. The Balaban J connectivity index is 1.69. The van der Waals surface area contributed by atoms with Crippen molar-refractivity contribution in [2.45, 2.75) is 13.8 Å². The van der Waals surface area contributed by atoms with Gasteiger partial charge in [-0.3, -0.25) is 4.79 Å². The number of anilines is 1. The zero-order valence-electron chi connectivity index (χ0n) is 15.3. The molecule has 3 aromatic rings. The summed E-state index contributed by atoms with van der Waals surface area (Å²) >= 11 is 11.9. The van der Waals surface area contributed by atoms with Gasteiger partial charge in [0.25, 0.3) is 5.91 Å². The molecule has 0 radical (unpaired) electrons. The molecule has 1 heterocycles. The fourth-order valence-corrected chi connectivity index (χ4v) is 3.27. The van der Waals surface area contributed by atoms with Crippen LogP contribution in [0.25, 0.3) is 5.69 Å². The van der Waals surface area contributed by atoms with Crippen LogP contribution in [0.4, 0.5) is 5.69 Å².